The second kappa shape index (κ2) is 9.11. The van der Waals surface area contributed by atoms with E-state index in [1.165, 1.54) is 0 Å². The van der Waals surface area contributed by atoms with Crippen molar-refractivity contribution in [2.75, 3.05) is 16.3 Å². The number of anilines is 2. The minimum absolute atomic E-state index is 0.397. The van der Waals surface area contributed by atoms with Crippen molar-refractivity contribution in [1.29, 1.82) is 0 Å². The third-order valence-electron chi connectivity index (χ3n) is 4.13. The molecule has 2 atom stereocenters. The van der Waals surface area contributed by atoms with E-state index in [2.05, 4.69) is 15.2 Å². The summed E-state index contributed by atoms with van der Waals surface area (Å²) in [7, 11) is -1.17. The van der Waals surface area contributed by atoms with Gasteiger partial charge in [-0.25, -0.2) is 9.00 Å². The van der Waals surface area contributed by atoms with Crippen LogP contribution in [0.25, 0.3) is 11.3 Å². The van der Waals surface area contributed by atoms with Crippen molar-refractivity contribution in [2.24, 2.45) is 0 Å². The Hall–Kier alpha value is -2.84. The second-order valence-corrected chi connectivity index (χ2v) is 7.82. The summed E-state index contributed by atoms with van der Waals surface area (Å²) < 4.78 is 24.9. The van der Waals surface area contributed by atoms with Crippen LogP contribution in [0.15, 0.2) is 53.1 Å². The zero-order valence-electron chi connectivity index (χ0n) is 16.1. The van der Waals surface area contributed by atoms with Crippen molar-refractivity contribution in [2.45, 2.75) is 20.0 Å². The Kier molecular flexibility index (Phi) is 6.56. The fourth-order valence-corrected chi connectivity index (χ4v) is 3.49. The van der Waals surface area contributed by atoms with Crippen LogP contribution in [0.4, 0.5) is 16.2 Å². The molecule has 0 bridgehead atoms. The predicted octanol–water partition coefficient (Wildman–Crippen LogP) is 5.32. The van der Waals surface area contributed by atoms with E-state index in [0.717, 1.165) is 0 Å². The maximum Gasteiger partial charge on any atom is 0.412 e. The van der Waals surface area contributed by atoms with E-state index in [-0.39, 0.29) is 0 Å². The van der Waals surface area contributed by atoms with Crippen molar-refractivity contribution < 1.29 is 18.3 Å². The maximum absolute atomic E-state index is 12.4. The van der Waals surface area contributed by atoms with E-state index in [4.69, 9.17) is 20.9 Å². The Morgan fingerprint density at radius 1 is 1.21 bits per heavy atom. The van der Waals surface area contributed by atoms with Crippen molar-refractivity contribution in [3.8, 4) is 11.3 Å². The van der Waals surface area contributed by atoms with Gasteiger partial charge in [0.1, 0.15) is 28.5 Å². The average molecular weight is 434 g/mol. The van der Waals surface area contributed by atoms with Gasteiger partial charge < -0.3 is 14.0 Å². The average Bonchev–Trinajstić information content (AvgIpc) is 3.02. The first kappa shape index (κ1) is 20.9. The minimum atomic E-state index is -1.17. The number of nitrogens with zero attached hydrogens (tertiary/aromatic N) is 1. The predicted molar refractivity (Wildman–Crippen MR) is 114 cm³/mol. The molecule has 0 spiro atoms. The standard InChI is InChI=1S/C20H20ClN3O4S/c1-12-18(22-20(25)27-13(2)16-6-4-5-7-17(16)21)19(28-23-12)14-8-10-15(11-9-14)24-29(3)26/h4-11,13,24H,1-3H3,(H,22,25). The summed E-state index contributed by atoms with van der Waals surface area (Å²) >= 11 is 6.16. The third kappa shape index (κ3) is 5.16. The number of amides is 1. The topological polar surface area (TPSA) is 93.5 Å². The van der Waals surface area contributed by atoms with Crippen molar-refractivity contribution in [3.05, 3.63) is 64.8 Å². The van der Waals surface area contributed by atoms with Gasteiger partial charge in [0.2, 0.25) is 0 Å². The molecule has 0 aliphatic heterocycles. The van der Waals surface area contributed by atoms with Gasteiger partial charge >= 0.3 is 6.09 Å². The number of aryl methyl sites for hydroxylation is 1. The Morgan fingerprint density at radius 3 is 2.55 bits per heavy atom. The molecule has 2 unspecified atom stereocenters. The highest BCUT2D eigenvalue weighted by Gasteiger charge is 2.20. The lowest BCUT2D eigenvalue weighted by atomic mass is 10.1. The molecular formula is C20H20ClN3O4S. The largest absolute Gasteiger partial charge is 0.441 e. The summed E-state index contributed by atoms with van der Waals surface area (Å²) in [6, 6.07) is 14.2. The number of carbonyl (C=O) groups excluding carboxylic acids is 1. The summed E-state index contributed by atoms with van der Waals surface area (Å²) in [5.41, 5.74) is 3.05. The first-order valence-corrected chi connectivity index (χ1v) is 10.7. The molecule has 3 aromatic rings. The zero-order chi connectivity index (χ0) is 21.0. The van der Waals surface area contributed by atoms with Crippen LogP contribution in [-0.4, -0.2) is 21.7 Å². The van der Waals surface area contributed by atoms with Gasteiger partial charge in [-0.05, 0) is 44.2 Å². The van der Waals surface area contributed by atoms with Gasteiger partial charge in [-0.3, -0.25) is 5.32 Å². The molecule has 0 aliphatic carbocycles. The smallest absolute Gasteiger partial charge is 0.412 e. The lowest BCUT2D eigenvalue weighted by molar-refractivity contribution is 0.121. The van der Waals surface area contributed by atoms with Crippen molar-refractivity contribution in [3.63, 3.8) is 0 Å². The Balaban J connectivity index is 1.75. The van der Waals surface area contributed by atoms with Gasteiger partial charge in [0.25, 0.3) is 0 Å². The quantitative estimate of drug-likeness (QED) is 0.548. The number of nitrogens with one attached hydrogen (secondary N) is 2. The first-order chi connectivity index (χ1) is 13.8. The van der Waals surface area contributed by atoms with E-state index < -0.39 is 23.2 Å². The Morgan fingerprint density at radius 2 is 1.90 bits per heavy atom. The third-order valence-corrected chi connectivity index (χ3v) is 4.99. The van der Waals surface area contributed by atoms with Gasteiger partial charge in [-0.2, -0.15) is 0 Å². The number of ether oxygens (including phenoxy) is 1. The van der Waals surface area contributed by atoms with E-state index in [9.17, 15) is 9.00 Å². The van der Waals surface area contributed by atoms with Gasteiger partial charge in [0.15, 0.2) is 5.76 Å². The number of hydrogen-bond donors (Lipinski definition) is 2. The molecule has 0 saturated carbocycles. The maximum atomic E-state index is 12.4. The number of halogens is 1. The van der Waals surface area contributed by atoms with Gasteiger partial charge in [-0.15, -0.1) is 0 Å². The van der Waals surface area contributed by atoms with Gasteiger partial charge in [-0.1, -0.05) is 35.0 Å². The summed E-state index contributed by atoms with van der Waals surface area (Å²) in [4.78, 5) is 12.4. The second-order valence-electron chi connectivity index (χ2n) is 6.30. The molecule has 0 fully saturated rings. The molecule has 0 aliphatic rings. The van der Waals surface area contributed by atoms with Gasteiger partial charge in [0, 0.05) is 28.1 Å². The molecule has 3 rings (SSSR count). The summed E-state index contributed by atoms with van der Waals surface area (Å²) in [6.45, 7) is 3.46. The van der Waals surface area contributed by atoms with Crippen molar-refractivity contribution >= 4 is 40.1 Å². The van der Waals surface area contributed by atoms with Crippen LogP contribution < -0.4 is 10.0 Å². The molecular weight excluding hydrogens is 414 g/mol. The molecule has 2 aromatic carbocycles. The lowest BCUT2D eigenvalue weighted by Gasteiger charge is -2.15. The zero-order valence-corrected chi connectivity index (χ0v) is 17.6. The van der Waals surface area contributed by atoms with Crippen LogP contribution in [-0.2, 0) is 15.7 Å². The number of benzene rings is 2. The number of aromatic nitrogens is 1. The number of carbonyl (C=O) groups is 1. The molecule has 1 heterocycles. The Labute approximate surface area is 176 Å². The lowest BCUT2D eigenvalue weighted by Crippen LogP contribution is -2.17. The molecule has 2 N–H and O–H groups in total. The van der Waals surface area contributed by atoms with E-state index in [0.29, 0.717) is 39.0 Å². The summed E-state index contributed by atoms with van der Waals surface area (Å²) in [6.07, 6.45) is 0.363. The van der Waals surface area contributed by atoms with Crippen LogP contribution in [0.2, 0.25) is 5.02 Å². The highest BCUT2D eigenvalue weighted by Crippen LogP contribution is 2.32. The van der Waals surface area contributed by atoms with Crippen LogP contribution >= 0.6 is 11.6 Å². The SMILES string of the molecule is Cc1noc(-c2ccc(NS(C)=O)cc2)c1NC(=O)OC(C)c1ccccc1Cl. The molecule has 9 heteroatoms. The van der Waals surface area contributed by atoms with Crippen molar-refractivity contribution in [1.82, 2.24) is 5.16 Å². The molecule has 7 nitrogen and oxygen atoms in total. The highest BCUT2D eigenvalue weighted by molar-refractivity contribution is 7.85. The summed E-state index contributed by atoms with van der Waals surface area (Å²) in [5, 5.41) is 7.16. The fourth-order valence-electron chi connectivity index (χ4n) is 2.73. The fraction of sp³-hybridized carbons (Fsp3) is 0.200. The molecule has 1 amide bonds. The van der Waals surface area contributed by atoms with Crippen LogP contribution in [0.3, 0.4) is 0 Å². The molecule has 0 radical (unpaired) electrons. The highest BCUT2D eigenvalue weighted by atomic mass is 35.5. The monoisotopic (exact) mass is 433 g/mol. The Bertz CT molecular complexity index is 1040. The van der Waals surface area contributed by atoms with Crippen LogP contribution in [0.5, 0.6) is 0 Å². The minimum Gasteiger partial charge on any atom is -0.441 e. The molecule has 0 saturated heterocycles. The van der Waals surface area contributed by atoms with E-state index in [1.54, 1.807) is 56.5 Å². The molecule has 152 valence electrons. The number of hydrogen-bond acceptors (Lipinski definition) is 5. The van der Waals surface area contributed by atoms with E-state index in [1.807, 2.05) is 12.1 Å². The van der Waals surface area contributed by atoms with E-state index >= 15 is 0 Å². The number of rotatable bonds is 6. The van der Waals surface area contributed by atoms with Crippen LogP contribution in [0, 0.1) is 6.92 Å². The molecule has 29 heavy (non-hydrogen) atoms. The van der Waals surface area contributed by atoms with Crippen LogP contribution in [0.1, 0.15) is 24.3 Å². The van der Waals surface area contributed by atoms with Gasteiger partial charge in [0.05, 0.1) is 0 Å². The summed E-state index contributed by atoms with van der Waals surface area (Å²) in [5.74, 6) is 0.397. The normalized spacial score (nSPS) is 12.8. The molecule has 1 aromatic heterocycles. The first-order valence-electron chi connectivity index (χ1n) is 8.74.